The molecule has 2 rings (SSSR count). The summed E-state index contributed by atoms with van der Waals surface area (Å²) in [6.45, 7) is 0.226. The van der Waals surface area contributed by atoms with E-state index in [4.69, 9.17) is 15.4 Å². The molecule has 17 heavy (non-hydrogen) atoms. The first-order valence-corrected chi connectivity index (χ1v) is 5.01. The van der Waals surface area contributed by atoms with Gasteiger partial charge in [-0.15, -0.1) is 0 Å². The van der Waals surface area contributed by atoms with Gasteiger partial charge < -0.3 is 15.3 Å². The monoisotopic (exact) mass is 234 g/mol. The van der Waals surface area contributed by atoms with Gasteiger partial charge in [-0.3, -0.25) is 5.41 Å². The number of carboxylic acid groups (broad SMARTS) is 1. The van der Waals surface area contributed by atoms with Crippen LogP contribution in [0.15, 0.2) is 17.3 Å². The molecule has 0 unspecified atom stereocenters. The fraction of sp³-hybridized carbons (Fsp3) is 0.182. The Bertz CT molecular complexity index is 523. The maximum atomic E-state index is 11.0. The van der Waals surface area contributed by atoms with Gasteiger partial charge in [0.2, 0.25) is 0 Å². The molecule has 6 heteroatoms. The van der Waals surface area contributed by atoms with Crippen LogP contribution in [0.2, 0.25) is 0 Å². The summed E-state index contributed by atoms with van der Waals surface area (Å²) in [5.41, 5.74) is 2.77. The SMILES string of the molecule is CNc1c(C=[NH2+])ccc2c1CON=C2C(=O)O. The van der Waals surface area contributed by atoms with E-state index in [0.717, 1.165) is 16.8 Å². The highest BCUT2D eigenvalue weighted by molar-refractivity contribution is 6.43. The Kier molecular flexibility index (Phi) is 2.78. The van der Waals surface area contributed by atoms with Gasteiger partial charge in [0.25, 0.3) is 0 Å². The van der Waals surface area contributed by atoms with Crippen molar-refractivity contribution in [2.45, 2.75) is 6.61 Å². The number of fused-ring (bicyclic) bond motifs is 1. The molecule has 1 aromatic carbocycles. The highest BCUT2D eigenvalue weighted by atomic mass is 16.6. The molecule has 0 spiro atoms. The van der Waals surface area contributed by atoms with E-state index in [1.807, 2.05) is 0 Å². The fourth-order valence-corrected chi connectivity index (χ4v) is 1.84. The van der Waals surface area contributed by atoms with Gasteiger partial charge >= 0.3 is 5.97 Å². The molecule has 0 aromatic heterocycles. The predicted molar refractivity (Wildman–Crippen MR) is 62.0 cm³/mol. The first-order valence-electron chi connectivity index (χ1n) is 5.01. The second kappa shape index (κ2) is 4.25. The molecule has 1 aliphatic rings. The number of carbonyl (C=O) groups is 1. The highest BCUT2D eigenvalue weighted by Gasteiger charge is 2.25. The number of benzene rings is 1. The lowest BCUT2D eigenvalue weighted by atomic mass is 9.97. The molecule has 1 heterocycles. The number of hydrogen-bond donors (Lipinski definition) is 3. The zero-order chi connectivity index (χ0) is 12.4. The van der Waals surface area contributed by atoms with E-state index in [1.165, 1.54) is 6.21 Å². The van der Waals surface area contributed by atoms with Crippen molar-refractivity contribution in [1.82, 2.24) is 0 Å². The number of anilines is 1. The maximum Gasteiger partial charge on any atom is 0.358 e. The minimum absolute atomic E-state index is 0.0914. The van der Waals surface area contributed by atoms with Crippen LogP contribution in [-0.4, -0.2) is 30.0 Å². The lowest BCUT2D eigenvalue weighted by Crippen LogP contribution is -2.31. The third kappa shape index (κ3) is 1.73. The summed E-state index contributed by atoms with van der Waals surface area (Å²) < 4.78 is 0. The highest BCUT2D eigenvalue weighted by Crippen LogP contribution is 2.27. The summed E-state index contributed by atoms with van der Waals surface area (Å²) in [4.78, 5) is 15.9. The summed E-state index contributed by atoms with van der Waals surface area (Å²) in [6.07, 6.45) is 1.46. The lowest BCUT2D eigenvalue weighted by Gasteiger charge is -2.18. The number of oxime groups is 1. The second-order valence-electron chi connectivity index (χ2n) is 3.49. The van der Waals surface area contributed by atoms with Crippen molar-refractivity contribution in [1.29, 1.82) is 0 Å². The number of aliphatic carboxylic acids is 1. The van der Waals surface area contributed by atoms with Crippen LogP contribution < -0.4 is 10.7 Å². The molecule has 4 N–H and O–H groups in total. The van der Waals surface area contributed by atoms with Crippen LogP contribution in [-0.2, 0) is 16.2 Å². The molecule has 1 aliphatic heterocycles. The predicted octanol–water partition coefficient (Wildman–Crippen LogP) is -0.775. The number of hydrogen-bond acceptors (Lipinski definition) is 4. The number of nitrogens with zero attached hydrogens (tertiary/aromatic N) is 1. The van der Waals surface area contributed by atoms with E-state index in [-0.39, 0.29) is 12.3 Å². The molecule has 0 amide bonds. The van der Waals surface area contributed by atoms with Crippen LogP contribution in [0.25, 0.3) is 0 Å². The van der Waals surface area contributed by atoms with E-state index >= 15 is 0 Å². The van der Waals surface area contributed by atoms with Crippen LogP contribution in [0.4, 0.5) is 5.69 Å². The second-order valence-corrected chi connectivity index (χ2v) is 3.49. The molecule has 1 aromatic rings. The third-order valence-corrected chi connectivity index (χ3v) is 2.60. The topological polar surface area (TPSA) is 96.5 Å². The van der Waals surface area contributed by atoms with Crippen molar-refractivity contribution < 1.29 is 20.1 Å². The number of carboxylic acids is 1. The van der Waals surface area contributed by atoms with E-state index in [9.17, 15) is 4.79 Å². The molecule has 88 valence electrons. The summed E-state index contributed by atoms with van der Waals surface area (Å²) in [6, 6.07) is 3.43. The van der Waals surface area contributed by atoms with Crippen molar-refractivity contribution >= 4 is 23.6 Å². The summed E-state index contributed by atoms with van der Waals surface area (Å²) in [5, 5.41) is 21.1. The van der Waals surface area contributed by atoms with Crippen molar-refractivity contribution in [2.24, 2.45) is 5.16 Å². The minimum atomic E-state index is -1.11. The Labute approximate surface area is 97.4 Å². The van der Waals surface area contributed by atoms with Crippen molar-refractivity contribution in [2.75, 3.05) is 12.4 Å². The summed E-state index contributed by atoms with van der Waals surface area (Å²) >= 11 is 0. The van der Waals surface area contributed by atoms with Gasteiger partial charge in [-0.05, 0) is 6.07 Å². The summed E-state index contributed by atoms with van der Waals surface area (Å²) in [5.74, 6) is -1.11. The van der Waals surface area contributed by atoms with Gasteiger partial charge in [0.15, 0.2) is 11.9 Å². The smallest absolute Gasteiger partial charge is 0.358 e. The molecular weight excluding hydrogens is 222 g/mol. The zero-order valence-electron chi connectivity index (χ0n) is 9.23. The van der Waals surface area contributed by atoms with Gasteiger partial charge in [0.1, 0.15) is 6.61 Å². The van der Waals surface area contributed by atoms with Crippen LogP contribution in [0.3, 0.4) is 0 Å². The first-order chi connectivity index (χ1) is 8.19. The van der Waals surface area contributed by atoms with Crippen LogP contribution >= 0.6 is 0 Å². The number of rotatable bonds is 3. The Morgan fingerprint density at radius 3 is 3.00 bits per heavy atom. The van der Waals surface area contributed by atoms with Gasteiger partial charge in [-0.2, -0.15) is 0 Å². The molecule has 0 saturated heterocycles. The molecule has 0 bridgehead atoms. The summed E-state index contributed by atoms with van der Waals surface area (Å²) in [7, 11) is 1.74. The molecule has 0 saturated carbocycles. The minimum Gasteiger partial charge on any atom is -0.476 e. The molecule has 0 aliphatic carbocycles. The van der Waals surface area contributed by atoms with Crippen LogP contribution in [0.1, 0.15) is 16.7 Å². The Morgan fingerprint density at radius 1 is 1.65 bits per heavy atom. The van der Waals surface area contributed by atoms with Gasteiger partial charge in [0.05, 0.1) is 11.3 Å². The van der Waals surface area contributed by atoms with Crippen LogP contribution in [0.5, 0.6) is 0 Å². The van der Waals surface area contributed by atoms with Crippen molar-refractivity contribution in [3.63, 3.8) is 0 Å². The standard InChI is InChI=1S/C11H11N3O3/c1-13-9-6(4-12)2-3-7-8(9)5-17-14-10(7)11(15)16/h2-4,12-13H,5H2,1H3,(H,15,16)/p+1. The normalized spacial score (nSPS) is 13.1. The lowest BCUT2D eigenvalue weighted by molar-refractivity contribution is -0.129. The molecular formula is C11H12N3O3+. The Balaban J connectivity index is 2.65. The van der Waals surface area contributed by atoms with E-state index in [1.54, 1.807) is 19.2 Å². The average molecular weight is 234 g/mol. The number of nitrogens with two attached hydrogens (primary N) is 1. The van der Waals surface area contributed by atoms with Gasteiger partial charge in [-0.1, -0.05) is 11.2 Å². The molecule has 0 atom stereocenters. The first kappa shape index (κ1) is 11.1. The van der Waals surface area contributed by atoms with E-state index in [0.29, 0.717) is 5.56 Å². The van der Waals surface area contributed by atoms with E-state index in [2.05, 4.69) is 10.5 Å². The molecule has 6 nitrogen and oxygen atoms in total. The Hall–Kier alpha value is -2.37. The number of nitrogens with one attached hydrogen (secondary N) is 1. The van der Waals surface area contributed by atoms with Crippen LogP contribution in [0, 0.1) is 0 Å². The third-order valence-electron chi connectivity index (χ3n) is 2.60. The fourth-order valence-electron chi connectivity index (χ4n) is 1.84. The molecule has 0 radical (unpaired) electrons. The largest absolute Gasteiger partial charge is 0.476 e. The zero-order valence-corrected chi connectivity index (χ0v) is 9.23. The average Bonchev–Trinajstić information content (AvgIpc) is 2.36. The quantitative estimate of drug-likeness (QED) is 0.598. The van der Waals surface area contributed by atoms with Gasteiger partial charge in [-0.25, -0.2) is 4.79 Å². The molecule has 0 fully saturated rings. The Morgan fingerprint density at radius 2 is 2.41 bits per heavy atom. The van der Waals surface area contributed by atoms with Crippen molar-refractivity contribution in [3.05, 3.63) is 28.8 Å². The van der Waals surface area contributed by atoms with E-state index < -0.39 is 5.97 Å². The van der Waals surface area contributed by atoms with Crippen molar-refractivity contribution in [3.8, 4) is 0 Å². The maximum absolute atomic E-state index is 11.0. The van der Waals surface area contributed by atoms with Gasteiger partial charge in [0, 0.05) is 18.2 Å².